The Morgan fingerprint density at radius 2 is 2.29 bits per heavy atom. The predicted octanol–water partition coefficient (Wildman–Crippen LogP) is 2.18. The third-order valence-corrected chi connectivity index (χ3v) is 2.71. The number of halogens is 1. The van der Waals surface area contributed by atoms with Crippen molar-refractivity contribution in [3.63, 3.8) is 0 Å². The molecule has 0 aliphatic carbocycles. The molecule has 6 nitrogen and oxygen atoms in total. The summed E-state index contributed by atoms with van der Waals surface area (Å²) in [6.07, 6.45) is 0.900. The Morgan fingerprint density at radius 1 is 1.65 bits per heavy atom. The van der Waals surface area contributed by atoms with Crippen LogP contribution in [0.5, 0.6) is 0 Å². The average molecular weight is 304 g/mol. The summed E-state index contributed by atoms with van der Waals surface area (Å²) in [6, 6.07) is 1.37. The van der Waals surface area contributed by atoms with Crippen LogP contribution in [0.3, 0.4) is 0 Å². The number of rotatable bonds is 5. The van der Waals surface area contributed by atoms with Crippen molar-refractivity contribution in [1.82, 2.24) is 4.98 Å². The van der Waals surface area contributed by atoms with Gasteiger partial charge in [0.1, 0.15) is 0 Å². The minimum atomic E-state index is -0.569. The van der Waals surface area contributed by atoms with Gasteiger partial charge >= 0.3 is 5.69 Å². The molecule has 1 unspecified atom stereocenters. The van der Waals surface area contributed by atoms with E-state index < -0.39 is 11.0 Å². The van der Waals surface area contributed by atoms with E-state index in [0.29, 0.717) is 4.47 Å². The van der Waals surface area contributed by atoms with Crippen molar-refractivity contribution in [3.05, 3.63) is 26.9 Å². The zero-order valence-corrected chi connectivity index (χ0v) is 11.1. The molecule has 1 rings (SSSR count). The lowest BCUT2D eigenvalue weighted by molar-refractivity contribution is -0.384. The van der Waals surface area contributed by atoms with Gasteiger partial charge in [-0.05, 0) is 21.8 Å². The van der Waals surface area contributed by atoms with Gasteiger partial charge in [0.05, 0.1) is 11.0 Å². The summed E-state index contributed by atoms with van der Waals surface area (Å²) < 4.78 is 0.541. The molecule has 0 aliphatic heterocycles. The van der Waals surface area contributed by atoms with Gasteiger partial charge in [0.15, 0.2) is 0 Å². The molecule has 0 spiro atoms. The van der Waals surface area contributed by atoms with Gasteiger partial charge in [-0.3, -0.25) is 10.1 Å². The maximum Gasteiger partial charge on any atom is 0.312 e. The zero-order valence-electron chi connectivity index (χ0n) is 9.55. The van der Waals surface area contributed by atoms with E-state index in [0.717, 1.165) is 0 Å². The molecule has 1 aromatic heterocycles. The van der Waals surface area contributed by atoms with E-state index in [9.17, 15) is 15.2 Å². The average Bonchev–Trinajstić information content (AvgIpc) is 2.26. The molecule has 7 heteroatoms. The lowest BCUT2D eigenvalue weighted by atomic mass is 10.1. The Labute approximate surface area is 107 Å². The van der Waals surface area contributed by atoms with Gasteiger partial charge in [0.25, 0.3) is 0 Å². The fourth-order valence-electron chi connectivity index (χ4n) is 1.14. The number of hydrogen-bond donors (Lipinski definition) is 2. The first-order chi connectivity index (χ1) is 7.91. The van der Waals surface area contributed by atoms with Crippen molar-refractivity contribution in [2.24, 2.45) is 5.92 Å². The van der Waals surface area contributed by atoms with Crippen LogP contribution in [0.25, 0.3) is 0 Å². The van der Waals surface area contributed by atoms with E-state index in [1.807, 2.05) is 13.8 Å². The number of nitrogens with zero attached hydrogens (tertiary/aromatic N) is 2. The van der Waals surface area contributed by atoms with E-state index >= 15 is 0 Å². The molecule has 0 aromatic carbocycles. The highest BCUT2D eigenvalue weighted by atomic mass is 79.9. The van der Waals surface area contributed by atoms with Crippen LogP contribution >= 0.6 is 15.9 Å². The van der Waals surface area contributed by atoms with E-state index in [4.69, 9.17) is 0 Å². The predicted molar refractivity (Wildman–Crippen MR) is 67.9 cm³/mol. The maximum absolute atomic E-state index is 10.8. The summed E-state index contributed by atoms with van der Waals surface area (Å²) >= 11 is 3.12. The summed E-state index contributed by atoms with van der Waals surface area (Å²) in [6.45, 7) is 3.97. The molecular weight excluding hydrogens is 290 g/mol. The highest BCUT2D eigenvalue weighted by Crippen LogP contribution is 2.25. The fraction of sp³-hybridized carbons (Fsp3) is 0.500. The van der Waals surface area contributed by atoms with Crippen LogP contribution in [0, 0.1) is 16.0 Å². The highest BCUT2D eigenvalue weighted by Gasteiger charge is 2.17. The van der Waals surface area contributed by atoms with Crippen molar-refractivity contribution in [2.45, 2.75) is 20.0 Å². The smallest absolute Gasteiger partial charge is 0.312 e. The van der Waals surface area contributed by atoms with E-state index in [1.165, 1.54) is 12.3 Å². The van der Waals surface area contributed by atoms with Gasteiger partial charge in [-0.25, -0.2) is 4.98 Å². The Hall–Kier alpha value is -1.21. The van der Waals surface area contributed by atoms with Gasteiger partial charge in [-0.1, -0.05) is 13.8 Å². The van der Waals surface area contributed by atoms with Crippen LogP contribution in [0.15, 0.2) is 16.7 Å². The van der Waals surface area contributed by atoms with Gasteiger partial charge in [-0.15, -0.1) is 0 Å². The largest absolute Gasteiger partial charge is 0.391 e. The summed E-state index contributed by atoms with van der Waals surface area (Å²) in [5.41, 5.74) is -0.115. The molecule has 1 aromatic rings. The number of aliphatic hydroxyl groups excluding tert-OH is 1. The molecule has 0 radical (unpaired) electrons. The van der Waals surface area contributed by atoms with Gasteiger partial charge in [-0.2, -0.15) is 0 Å². The Kier molecular flexibility index (Phi) is 4.83. The number of nitrogens with one attached hydrogen (secondary N) is 1. The monoisotopic (exact) mass is 303 g/mol. The highest BCUT2D eigenvalue weighted by molar-refractivity contribution is 9.10. The summed E-state index contributed by atoms with van der Waals surface area (Å²) in [7, 11) is 0. The number of aromatic nitrogens is 1. The maximum atomic E-state index is 10.8. The molecular formula is C10H14BrN3O3. The van der Waals surface area contributed by atoms with Crippen LogP contribution < -0.4 is 5.32 Å². The minimum Gasteiger partial charge on any atom is -0.391 e. The lowest BCUT2D eigenvalue weighted by Gasteiger charge is -2.15. The molecule has 0 aliphatic rings. The number of anilines is 1. The third-order valence-electron chi connectivity index (χ3n) is 2.28. The van der Waals surface area contributed by atoms with Crippen molar-refractivity contribution in [2.75, 3.05) is 11.9 Å². The lowest BCUT2D eigenvalue weighted by Crippen LogP contribution is -2.25. The first-order valence-corrected chi connectivity index (χ1v) is 5.93. The molecule has 0 saturated heterocycles. The second kappa shape index (κ2) is 5.92. The van der Waals surface area contributed by atoms with Crippen LogP contribution in [-0.2, 0) is 0 Å². The minimum absolute atomic E-state index is 0.0806. The van der Waals surface area contributed by atoms with Gasteiger partial charge in [0.2, 0.25) is 5.82 Å². The van der Waals surface area contributed by atoms with Crippen LogP contribution in [0.1, 0.15) is 13.8 Å². The molecule has 0 bridgehead atoms. The normalized spacial score (nSPS) is 12.5. The number of hydrogen-bond acceptors (Lipinski definition) is 5. The van der Waals surface area contributed by atoms with E-state index in [-0.39, 0.29) is 24.0 Å². The summed E-state index contributed by atoms with van der Waals surface area (Å²) in [5.74, 6) is 0.245. The number of nitro groups is 1. The second-order valence-corrected chi connectivity index (χ2v) is 4.89. The third kappa shape index (κ3) is 3.94. The first kappa shape index (κ1) is 13.9. The number of aliphatic hydroxyl groups is 1. The first-order valence-electron chi connectivity index (χ1n) is 5.13. The zero-order chi connectivity index (χ0) is 13.0. The van der Waals surface area contributed by atoms with E-state index in [1.54, 1.807) is 0 Å². The molecule has 0 fully saturated rings. The molecule has 2 N–H and O–H groups in total. The SMILES string of the molecule is CC(C)C(O)CNc1ncc(Br)cc1[N+](=O)[O-]. The molecule has 94 valence electrons. The summed E-state index contributed by atoms with van der Waals surface area (Å²) in [4.78, 5) is 14.2. The van der Waals surface area contributed by atoms with Crippen LogP contribution in [-0.4, -0.2) is 27.7 Å². The van der Waals surface area contributed by atoms with E-state index in [2.05, 4.69) is 26.2 Å². The Morgan fingerprint density at radius 3 is 2.82 bits per heavy atom. The molecule has 0 saturated carbocycles. The van der Waals surface area contributed by atoms with Crippen molar-refractivity contribution < 1.29 is 10.0 Å². The molecule has 0 amide bonds. The van der Waals surface area contributed by atoms with Crippen molar-refractivity contribution in [3.8, 4) is 0 Å². The topological polar surface area (TPSA) is 88.3 Å². The standard InChI is InChI=1S/C10H14BrN3O3/c1-6(2)9(15)5-13-10-8(14(16)17)3-7(11)4-12-10/h3-4,6,9,15H,5H2,1-2H3,(H,12,13). The molecule has 1 atom stereocenters. The van der Waals surface area contributed by atoms with Crippen molar-refractivity contribution in [1.29, 1.82) is 0 Å². The van der Waals surface area contributed by atoms with Gasteiger partial charge < -0.3 is 10.4 Å². The number of pyridine rings is 1. The second-order valence-electron chi connectivity index (χ2n) is 3.97. The Balaban J connectivity index is 2.80. The summed E-state index contributed by atoms with van der Waals surface area (Å²) in [5, 5.41) is 23.2. The fourth-order valence-corrected chi connectivity index (χ4v) is 1.46. The molecule has 1 heterocycles. The molecule has 17 heavy (non-hydrogen) atoms. The van der Waals surface area contributed by atoms with Gasteiger partial charge in [0, 0.05) is 23.3 Å². The quantitative estimate of drug-likeness (QED) is 0.643. The Bertz CT molecular complexity index is 412. The van der Waals surface area contributed by atoms with Crippen molar-refractivity contribution >= 4 is 27.4 Å². The van der Waals surface area contributed by atoms with Crippen LogP contribution in [0.2, 0.25) is 0 Å². The van der Waals surface area contributed by atoms with Crippen LogP contribution in [0.4, 0.5) is 11.5 Å².